The SMILES string of the molecule is CC(C)(C)c1ccc(CCC(=O)Nc2ccc(S(=O)(=O)N3CCCCC3)cc2)cc1. The molecule has 1 fully saturated rings. The minimum absolute atomic E-state index is 0.0819. The largest absolute Gasteiger partial charge is 0.326 e. The zero-order chi connectivity index (χ0) is 21.8. The highest BCUT2D eigenvalue weighted by atomic mass is 32.2. The van der Waals surface area contributed by atoms with Gasteiger partial charge in [-0.05, 0) is 60.1 Å². The number of nitrogens with zero attached hydrogens (tertiary/aromatic N) is 1. The molecular formula is C24H32N2O3S. The Morgan fingerprint density at radius 2 is 1.53 bits per heavy atom. The normalized spacial score (nSPS) is 15.7. The van der Waals surface area contributed by atoms with Gasteiger partial charge in [0.15, 0.2) is 0 Å². The molecule has 1 N–H and O–H groups in total. The number of benzene rings is 2. The zero-order valence-electron chi connectivity index (χ0n) is 18.1. The van der Waals surface area contributed by atoms with Crippen LogP contribution in [0.2, 0.25) is 0 Å². The summed E-state index contributed by atoms with van der Waals surface area (Å²) in [7, 11) is -3.45. The molecule has 30 heavy (non-hydrogen) atoms. The molecule has 1 saturated heterocycles. The van der Waals surface area contributed by atoms with Gasteiger partial charge in [0.1, 0.15) is 0 Å². The number of carbonyl (C=O) groups is 1. The fourth-order valence-corrected chi connectivity index (χ4v) is 5.13. The third kappa shape index (κ3) is 5.70. The van der Waals surface area contributed by atoms with Crippen LogP contribution in [-0.2, 0) is 26.7 Å². The van der Waals surface area contributed by atoms with Gasteiger partial charge in [-0.3, -0.25) is 4.79 Å². The van der Waals surface area contributed by atoms with Crippen molar-refractivity contribution in [2.45, 2.75) is 63.2 Å². The van der Waals surface area contributed by atoms with Crippen molar-refractivity contribution in [3.63, 3.8) is 0 Å². The number of hydrogen-bond donors (Lipinski definition) is 1. The van der Waals surface area contributed by atoms with E-state index in [0.29, 0.717) is 31.6 Å². The third-order valence-electron chi connectivity index (χ3n) is 5.55. The van der Waals surface area contributed by atoms with Gasteiger partial charge in [-0.2, -0.15) is 4.31 Å². The summed E-state index contributed by atoms with van der Waals surface area (Å²) in [4.78, 5) is 12.6. The van der Waals surface area contributed by atoms with Crippen molar-refractivity contribution < 1.29 is 13.2 Å². The molecule has 0 saturated carbocycles. The fourth-order valence-electron chi connectivity index (χ4n) is 3.62. The first-order valence-electron chi connectivity index (χ1n) is 10.7. The average Bonchev–Trinajstić information content (AvgIpc) is 2.73. The van der Waals surface area contributed by atoms with E-state index in [9.17, 15) is 13.2 Å². The lowest BCUT2D eigenvalue weighted by Gasteiger charge is -2.25. The van der Waals surface area contributed by atoms with Crippen LogP contribution < -0.4 is 5.32 Å². The number of rotatable bonds is 6. The molecule has 6 heteroatoms. The molecule has 2 aromatic carbocycles. The van der Waals surface area contributed by atoms with Gasteiger partial charge >= 0.3 is 0 Å². The van der Waals surface area contributed by atoms with Crippen molar-refractivity contribution in [2.24, 2.45) is 0 Å². The first kappa shape index (κ1) is 22.5. The monoisotopic (exact) mass is 428 g/mol. The van der Waals surface area contributed by atoms with Crippen LogP contribution in [0.4, 0.5) is 5.69 Å². The summed E-state index contributed by atoms with van der Waals surface area (Å²) in [6.45, 7) is 7.70. The maximum atomic E-state index is 12.7. The fraction of sp³-hybridized carbons (Fsp3) is 0.458. The first-order chi connectivity index (χ1) is 14.2. The van der Waals surface area contributed by atoms with Gasteiger partial charge in [-0.15, -0.1) is 0 Å². The molecule has 1 heterocycles. The van der Waals surface area contributed by atoms with E-state index in [4.69, 9.17) is 0 Å². The van der Waals surface area contributed by atoms with Gasteiger partial charge in [-0.25, -0.2) is 8.42 Å². The van der Waals surface area contributed by atoms with E-state index in [2.05, 4.69) is 50.4 Å². The van der Waals surface area contributed by atoms with Crippen molar-refractivity contribution >= 4 is 21.6 Å². The molecule has 0 radical (unpaired) electrons. The summed E-state index contributed by atoms with van der Waals surface area (Å²) < 4.78 is 27.0. The summed E-state index contributed by atoms with van der Waals surface area (Å²) in [6, 6.07) is 14.9. The molecule has 1 amide bonds. The van der Waals surface area contributed by atoms with Gasteiger partial charge < -0.3 is 5.32 Å². The van der Waals surface area contributed by atoms with Crippen LogP contribution in [0, 0.1) is 0 Å². The molecule has 1 aliphatic rings. The van der Waals surface area contributed by atoms with Crippen LogP contribution >= 0.6 is 0 Å². The Bertz CT molecular complexity index is 953. The molecule has 0 atom stereocenters. The van der Waals surface area contributed by atoms with Gasteiger partial charge in [0.2, 0.25) is 15.9 Å². The average molecular weight is 429 g/mol. The molecule has 0 unspecified atom stereocenters. The van der Waals surface area contributed by atoms with E-state index in [0.717, 1.165) is 24.8 Å². The molecular weight excluding hydrogens is 396 g/mol. The van der Waals surface area contributed by atoms with Crippen molar-refractivity contribution in [3.05, 3.63) is 59.7 Å². The lowest BCUT2D eigenvalue weighted by Crippen LogP contribution is -2.35. The Kier molecular flexibility index (Phi) is 6.98. The zero-order valence-corrected chi connectivity index (χ0v) is 19.0. The van der Waals surface area contributed by atoms with Crippen molar-refractivity contribution in [2.75, 3.05) is 18.4 Å². The summed E-state index contributed by atoms with van der Waals surface area (Å²) in [5.41, 5.74) is 3.13. The van der Waals surface area contributed by atoms with Crippen LogP contribution in [0.5, 0.6) is 0 Å². The van der Waals surface area contributed by atoms with Crippen LogP contribution in [0.25, 0.3) is 0 Å². The predicted molar refractivity (Wildman–Crippen MR) is 121 cm³/mol. The van der Waals surface area contributed by atoms with Gasteiger partial charge in [0.25, 0.3) is 0 Å². The number of aryl methyl sites for hydroxylation is 1. The molecule has 0 bridgehead atoms. The van der Waals surface area contributed by atoms with Crippen LogP contribution in [0.15, 0.2) is 53.4 Å². The number of hydrogen-bond acceptors (Lipinski definition) is 3. The lowest BCUT2D eigenvalue weighted by atomic mass is 9.86. The number of nitrogens with one attached hydrogen (secondary N) is 1. The second kappa shape index (κ2) is 9.31. The Hall–Kier alpha value is -2.18. The Morgan fingerprint density at radius 1 is 0.933 bits per heavy atom. The number of piperidine rings is 1. The maximum absolute atomic E-state index is 12.7. The Labute approximate surface area is 180 Å². The Balaban J connectivity index is 1.54. The van der Waals surface area contributed by atoms with E-state index in [-0.39, 0.29) is 16.2 Å². The van der Waals surface area contributed by atoms with Crippen LogP contribution in [0.3, 0.4) is 0 Å². The van der Waals surface area contributed by atoms with Gasteiger partial charge in [-0.1, -0.05) is 51.5 Å². The summed E-state index contributed by atoms with van der Waals surface area (Å²) in [5.74, 6) is -0.0819. The number of carbonyl (C=O) groups excluding carboxylic acids is 1. The van der Waals surface area contributed by atoms with Gasteiger partial charge in [0, 0.05) is 25.2 Å². The second-order valence-corrected chi connectivity index (χ2v) is 10.9. The van der Waals surface area contributed by atoms with Crippen LogP contribution in [-0.4, -0.2) is 31.7 Å². The summed E-state index contributed by atoms with van der Waals surface area (Å²) in [5, 5.41) is 2.86. The molecule has 162 valence electrons. The highest BCUT2D eigenvalue weighted by Crippen LogP contribution is 2.23. The van der Waals surface area contributed by atoms with Crippen molar-refractivity contribution in [3.8, 4) is 0 Å². The maximum Gasteiger partial charge on any atom is 0.243 e. The summed E-state index contributed by atoms with van der Waals surface area (Å²) in [6.07, 6.45) is 3.94. The second-order valence-electron chi connectivity index (χ2n) is 8.98. The van der Waals surface area contributed by atoms with E-state index in [1.807, 2.05) is 0 Å². The number of amides is 1. The lowest BCUT2D eigenvalue weighted by molar-refractivity contribution is -0.116. The number of anilines is 1. The molecule has 0 aromatic heterocycles. The topological polar surface area (TPSA) is 66.5 Å². The molecule has 2 aromatic rings. The van der Waals surface area contributed by atoms with E-state index >= 15 is 0 Å². The molecule has 3 rings (SSSR count). The first-order valence-corrected chi connectivity index (χ1v) is 12.1. The standard InChI is InChI=1S/C24H32N2O3S/c1-24(2,3)20-10-7-19(8-11-20)9-16-23(27)25-21-12-14-22(15-13-21)30(28,29)26-17-5-4-6-18-26/h7-8,10-15H,4-6,9,16-18H2,1-3H3,(H,25,27). The number of sulfonamides is 1. The Morgan fingerprint density at radius 3 is 2.10 bits per heavy atom. The van der Waals surface area contributed by atoms with E-state index in [1.165, 1.54) is 5.56 Å². The van der Waals surface area contributed by atoms with Crippen molar-refractivity contribution in [1.82, 2.24) is 4.31 Å². The predicted octanol–water partition coefficient (Wildman–Crippen LogP) is 4.73. The minimum Gasteiger partial charge on any atom is -0.326 e. The van der Waals surface area contributed by atoms with E-state index in [1.54, 1.807) is 28.6 Å². The molecule has 0 spiro atoms. The summed E-state index contributed by atoms with van der Waals surface area (Å²) >= 11 is 0. The highest BCUT2D eigenvalue weighted by molar-refractivity contribution is 7.89. The quantitative estimate of drug-likeness (QED) is 0.723. The minimum atomic E-state index is -3.45. The molecule has 1 aliphatic heterocycles. The van der Waals surface area contributed by atoms with Gasteiger partial charge in [0.05, 0.1) is 4.90 Å². The van der Waals surface area contributed by atoms with Crippen molar-refractivity contribution in [1.29, 1.82) is 0 Å². The third-order valence-corrected chi connectivity index (χ3v) is 7.46. The highest BCUT2D eigenvalue weighted by Gasteiger charge is 2.25. The molecule has 5 nitrogen and oxygen atoms in total. The molecule has 0 aliphatic carbocycles. The smallest absolute Gasteiger partial charge is 0.243 e. The van der Waals surface area contributed by atoms with E-state index < -0.39 is 10.0 Å². The van der Waals surface area contributed by atoms with Crippen LogP contribution in [0.1, 0.15) is 57.6 Å².